The summed E-state index contributed by atoms with van der Waals surface area (Å²) in [6, 6.07) is 0. The number of alkyl halides is 1. The fourth-order valence-electron chi connectivity index (χ4n) is 1.20. The first-order chi connectivity index (χ1) is 7.51. The van der Waals surface area contributed by atoms with Crippen molar-refractivity contribution in [1.82, 2.24) is 5.32 Å². The highest BCUT2D eigenvalue weighted by Gasteiger charge is 2.17. The van der Waals surface area contributed by atoms with E-state index in [1.165, 1.54) is 6.92 Å². The molecule has 0 aliphatic rings. The normalized spacial score (nSPS) is 15.6. The Morgan fingerprint density at radius 2 is 2.25 bits per heavy atom. The lowest BCUT2D eigenvalue weighted by Crippen LogP contribution is -2.32. The van der Waals surface area contributed by atoms with Gasteiger partial charge < -0.3 is 10.4 Å². The van der Waals surface area contributed by atoms with Crippen LogP contribution in [-0.4, -0.2) is 35.3 Å². The summed E-state index contributed by atoms with van der Waals surface area (Å²) in [6.45, 7) is 3.64. The molecular weight excluding hydrogens is 231 g/mol. The van der Waals surface area contributed by atoms with Crippen molar-refractivity contribution >= 4 is 22.9 Å². The third-order valence-electron chi connectivity index (χ3n) is 1.96. The Labute approximate surface area is 99.7 Å². The van der Waals surface area contributed by atoms with Crippen molar-refractivity contribution in [1.29, 1.82) is 0 Å². The number of thioether (sulfide) groups is 1. The largest absolute Gasteiger partial charge is 0.481 e. The smallest absolute Gasteiger partial charge is 0.308 e. The van der Waals surface area contributed by atoms with Crippen LogP contribution in [0.15, 0.2) is 4.99 Å². The first-order valence-electron chi connectivity index (χ1n) is 5.25. The minimum Gasteiger partial charge on any atom is -0.481 e. The highest BCUT2D eigenvalue weighted by Crippen LogP contribution is 2.13. The Morgan fingerprint density at radius 1 is 1.62 bits per heavy atom. The molecule has 2 unspecified atom stereocenters. The molecule has 0 bridgehead atoms. The number of rotatable bonds is 6. The lowest BCUT2D eigenvalue weighted by Gasteiger charge is -2.14. The topological polar surface area (TPSA) is 61.7 Å². The quantitative estimate of drug-likeness (QED) is 0.560. The van der Waals surface area contributed by atoms with Crippen molar-refractivity contribution in [3.63, 3.8) is 0 Å². The SMILES string of the molecule is CCCC(CN/C(=N/C)SC(C)F)C(=O)O. The molecule has 16 heavy (non-hydrogen) atoms. The fourth-order valence-corrected chi connectivity index (χ4v) is 1.78. The van der Waals surface area contributed by atoms with Crippen LogP contribution >= 0.6 is 11.8 Å². The molecule has 4 nitrogen and oxygen atoms in total. The predicted molar refractivity (Wildman–Crippen MR) is 65.6 cm³/mol. The van der Waals surface area contributed by atoms with Crippen LogP contribution in [0.25, 0.3) is 0 Å². The molecule has 0 amide bonds. The van der Waals surface area contributed by atoms with Crippen LogP contribution in [-0.2, 0) is 4.79 Å². The minimum atomic E-state index is -1.05. The third-order valence-corrected chi connectivity index (χ3v) is 2.84. The van der Waals surface area contributed by atoms with Gasteiger partial charge in [-0.1, -0.05) is 25.1 Å². The number of hydrogen-bond donors (Lipinski definition) is 2. The molecule has 2 N–H and O–H groups in total. The van der Waals surface area contributed by atoms with Crippen LogP contribution in [0.1, 0.15) is 26.7 Å². The van der Waals surface area contributed by atoms with Crippen molar-refractivity contribution in [2.45, 2.75) is 32.2 Å². The van der Waals surface area contributed by atoms with E-state index in [2.05, 4.69) is 10.3 Å². The van der Waals surface area contributed by atoms with E-state index in [1.54, 1.807) is 7.05 Å². The molecule has 0 aromatic carbocycles. The molecule has 0 spiro atoms. The van der Waals surface area contributed by atoms with E-state index in [4.69, 9.17) is 5.11 Å². The van der Waals surface area contributed by atoms with Crippen molar-refractivity contribution < 1.29 is 14.3 Å². The first kappa shape index (κ1) is 15.2. The van der Waals surface area contributed by atoms with Gasteiger partial charge in [0.25, 0.3) is 0 Å². The number of nitrogens with one attached hydrogen (secondary N) is 1. The molecule has 0 fully saturated rings. The lowest BCUT2D eigenvalue weighted by atomic mass is 10.0. The summed E-state index contributed by atoms with van der Waals surface area (Å²) in [6.07, 6.45) is 1.42. The van der Waals surface area contributed by atoms with Gasteiger partial charge in [0, 0.05) is 13.6 Å². The molecule has 0 saturated carbocycles. The molecule has 0 aliphatic carbocycles. The zero-order valence-corrected chi connectivity index (χ0v) is 10.7. The van der Waals surface area contributed by atoms with Crippen molar-refractivity contribution in [3.8, 4) is 0 Å². The molecule has 0 rings (SSSR count). The zero-order valence-electron chi connectivity index (χ0n) is 9.86. The Morgan fingerprint density at radius 3 is 2.62 bits per heavy atom. The molecule has 0 aromatic rings. The van der Waals surface area contributed by atoms with Gasteiger partial charge in [-0.25, -0.2) is 4.39 Å². The summed E-state index contributed by atoms with van der Waals surface area (Å²) in [5, 5.41) is 12.2. The van der Waals surface area contributed by atoms with Crippen LogP contribution in [0.4, 0.5) is 4.39 Å². The van der Waals surface area contributed by atoms with Crippen molar-refractivity contribution in [2.24, 2.45) is 10.9 Å². The number of aliphatic imine (C=N–C) groups is 1. The van der Waals surface area contributed by atoms with Gasteiger partial charge >= 0.3 is 5.97 Å². The van der Waals surface area contributed by atoms with E-state index in [0.29, 0.717) is 11.6 Å². The van der Waals surface area contributed by atoms with Gasteiger partial charge in [0.2, 0.25) is 0 Å². The van der Waals surface area contributed by atoms with Gasteiger partial charge in [0.1, 0.15) is 5.50 Å². The van der Waals surface area contributed by atoms with Gasteiger partial charge in [-0.2, -0.15) is 0 Å². The van der Waals surface area contributed by atoms with Gasteiger partial charge in [0.15, 0.2) is 5.17 Å². The molecule has 2 atom stereocenters. The van der Waals surface area contributed by atoms with Gasteiger partial charge in [-0.15, -0.1) is 0 Å². The molecule has 0 radical (unpaired) electrons. The number of nitrogens with zero attached hydrogens (tertiary/aromatic N) is 1. The average molecular weight is 250 g/mol. The van der Waals surface area contributed by atoms with E-state index in [0.717, 1.165) is 18.2 Å². The maximum atomic E-state index is 12.7. The van der Waals surface area contributed by atoms with Gasteiger partial charge in [-0.05, 0) is 13.3 Å². The third kappa shape index (κ3) is 6.66. The highest BCUT2D eigenvalue weighted by molar-refractivity contribution is 8.14. The van der Waals surface area contributed by atoms with Gasteiger partial charge in [0.05, 0.1) is 5.92 Å². The average Bonchev–Trinajstić information content (AvgIpc) is 2.21. The molecule has 0 heterocycles. The minimum absolute atomic E-state index is 0.287. The first-order valence-corrected chi connectivity index (χ1v) is 6.13. The second-order valence-corrected chi connectivity index (χ2v) is 4.67. The summed E-state index contributed by atoms with van der Waals surface area (Å²) in [7, 11) is 1.55. The van der Waals surface area contributed by atoms with Crippen LogP contribution in [0.5, 0.6) is 0 Å². The summed E-state index contributed by atoms with van der Waals surface area (Å²) >= 11 is 0.951. The molecule has 0 aromatic heterocycles. The highest BCUT2D eigenvalue weighted by atomic mass is 32.2. The van der Waals surface area contributed by atoms with Crippen molar-refractivity contribution in [2.75, 3.05) is 13.6 Å². The summed E-state index contributed by atoms with van der Waals surface area (Å²) in [5.41, 5.74) is -1.05. The zero-order chi connectivity index (χ0) is 12.6. The molecule has 6 heteroatoms. The second-order valence-electron chi connectivity index (χ2n) is 3.39. The number of aliphatic carboxylic acids is 1. The summed E-state index contributed by atoms with van der Waals surface area (Å²) < 4.78 is 12.7. The number of carboxylic acids is 1. The number of carbonyl (C=O) groups is 1. The number of hydrogen-bond acceptors (Lipinski definition) is 3. The van der Waals surface area contributed by atoms with Crippen molar-refractivity contribution in [3.05, 3.63) is 0 Å². The van der Waals surface area contributed by atoms with E-state index < -0.39 is 17.4 Å². The number of carboxylic acid groups (broad SMARTS) is 1. The van der Waals surface area contributed by atoms with Crippen LogP contribution in [0, 0.1) is 5.92 Å². The number of halogens is 1. The maximum Gasteiger partial charge on any atom is 0.308 e. The van der Waals surface area contributed by atoms with E-state index in [1.807, 2.05) is 6.92 Å². The molecule has 94 valence electrons. The Bertz CT molecular complexity index is 247. The Hall–Kier alpha value is -0.780. The Kier molecular flexibility index (Phi) is 7.97. The molecule has 0 aliphatic heterocycles. The monoisotopic (exact) mass is 250 g/mol. The standard InChI is InChI=1S/C10H19FN2O2S/c1-4-5-8(9(14)15)6-13-10(12-3)16-7(2)11/h7-8H,4-6H2,1-3H3,(H,12,13)(H,14,15). The summed E-state index contributed by atoms with van der Waals surface area (Å²) in [4.78, 5) is 14.7. The lowest BCUT2D eigenvalue weighted by molar-refractivity contribution is -0.141. The van der Waals surface area contributed by atoms with Gasteiger partial charge in [-0.3, -0.25) is 9.79 Å². The van der Waals surface area contributed by atoms with E-state index >= 15 is 0 Å². The molecular formula is C10H19FN2O2S. The second kappa shape index (κ2) is 8.38. The van der Waals surface area contributed by atoms with Crippen LogP contribution in [0.2, 0.25) is 0 Å². The van der Waals surface area contributed by atoms with Crippen LogP contribution < -0.4 is 5.32 Å². The predicted octanol–water partition coefficient (Wildman–Crippen LogP) is 2.11. The summed E-state index contributed by atoms with van der Waals surface area (Å²) in [5.74, 6) is -1.28. The Balaban J connectivity index is 4.12. The fraction of sp³-hybridized carbons (Fsp3) is 0.800. The van der Waals surface area contributed by atoms with E-state index in [9.17, 15) is 9.18 Å². The van der Waals surface area contributed by atoms with Crippen LogP contribution in [0.3, 0.4) is 0 Å². The maximum absolute atomic E-state index is 12.7. The molecule has 0 saturated heterocycles. The number of amidine groups is 1. The van der Waals surface area contributed by atoms with E-state index in [-0.39, 0.29) is 6.54 Å².